The third-order valence-corrected chi connectivity index (χ3v) is 2.72. The lowest BCUT2D eigenvalue weighted by Gasteiger charge is -2.12. The van der Waals surface area contributed by atoms with E-state index in [0.717, 1.165) is 5.56 Å². The van der Waals surface area contributed by atoms with Crippen molar-refractivity contribution in [2.24, 2.45) is 0 Å². The largest absolute Gasteiger partial charge is 0.455 e. The van der Waals surface area contributed by atoms with E-state index in [-0.39, 0.29) is 6.61 Å². The summed E-state index contributed by atoms with van der Waals surface area (Å²) in [6.45, 7) is 0.0497. The molecule has 0 bridgehead atoms. The molecule has 0 aliphatic heterocycles. The van der Waals surface area contributed by atoms with E-state index in [4.69, 9.17) is 20.8 Å². The number of nitrogens with two attached hydrogens (primary N) is 1. The molecule has 0 atom stereocenters. The molecule has 0 aliphatic carbocycles. The number of anilines is 1. The zero-order chi connectivity index (χ0) is 13.7. The molecular weight excluding hydrogens is 240 g/mol. The minimum Gasteiger partial charge on any atom is -0.455 e. The fraction of sp³-hybridized carbons (Fsp3) is 0.133. The van der Waals surface area contributed by atoms with Gasteiger partial charge in [-0.25, -0.2) is 0 Å². The number of aliphatic hydroxyl groups excluding tert-OH is 1. The number of hydrogen-bond donors (Lipinski definition) is 2. The van der Waals surface area contributed by atoms with Gasteiger partial charge in [-0.15, -0.1) is 0 Å². The SMILES string of the molecule is N#Cc1ccc(N)c(Oc2ccccc2CCO)c1. The van der Waals surface area contributed by atoms with Crippen molar-refractivity contribution in [3.8, 4) is 17.6 Å². The third kappa shape index (κ3) is 3.03. The Hall–Kier alpha value is -2.51. The van der Waals surface area contributed by atoms with E-state index in [1.54, 1.807) is 18.2 Å². The Labute approximate surface area is 111 Å². The van der Waals surface area contributed by atoms with E-state index < -0.39 is 0 Å². The summed E-state index contributed by atoms with van der Waals surface area (Å²) in [4.78, 5) is 0. The topological polar surface area (TPSA) is 79.3 Å². The molecule has 0 heterocycles. The first kappa shape index (κ1) is 12.9. The van der Waals surface area contributed by atoms with Crippen molar-refractivity contribution in [2.45, 2.75) is 6.42 Å². The lowest BCUT2D eigenvalue weighted by atomic mass is 10.1. The van der Waals surface area contributed by atoms with Crippen LogP contribution in [0.5, 0.6) is 11.5 Å². The highest BCUT2D eigenvalue weighted by Crippen LogP contribution is 2.30. The normalized spacial score (nSPS) is 9.89. The molecule has 4 heteroatoms. The quantitative estimate of drug-likeness (QED) is 0.821. The van der Waals surface area contributed by atoms with Crippen LogP contribution in [0.15, 0.2) is 42.5 Å². The molecule has 4 nitrogen and oxygen atoms in total. The molecule has 0 aliphatic rings. The van der Waals surface area contributed by atoms with Gasteiger partial charge in [0.15, 0.2) is 5.75 Å². The molecule has 0 aromatic heterocycles. The highest BCUT2D eigenvalue weighted by Gasteiger charge is 2.07. The number of benzene rings is 2. The molecule has 0 unspecified atom stereocenters. The monoisotopic (exact) mass is 254 g/mol. The number of nitrogens with zero attached hydrogens (tertiary/aromatic N) is 1. The summed E-state index contributed by atoms with van der Waals surface area (Å²) in [7, 11) is 0. The van der Waals surface area contributed by atoms with Crippen LogP contribution in [0.2, 0.25) is 0 Å². The molecule has 3 N–H and O–H groups in total. The fourth-order valence-electron chi connectivity index (χ4n) is 1.74. The van der Waals surface area contributed by atoms with Gasteiger partial charge in [-0.1, -0.05) is 18.2 Å². The summed E-state index contributed by atoms with van der Waals surface area (Å²) in [5.41, 5.74) is 7.69. The van der Waals surface area contributed by atoms with Gasteiger partial charge in [-0.2, -0.15) is 5.26 Å². The second-order valence-corrected chi connectivity index (χ2v) is 4.05. The van der Waals surface area contributed by atoms with Gasteiger partial charge in [0.2, 0.25) is 0 Å². The van der Waals surface area contributed by atoms with Crippen molar-refractivity contribution >= 4 is 5.69 Å². The number of aliphatic hydroxyl groups is 1. The number of para-hydroxylation sites is 1. The second kappa shape index (κ2) is 5.89. The Morgan fingerprint density at radius 2 is 1.95 bits per heavy atom. The van der Waals surface area contributed by atoms with E-state index in [2.05, 4.69) is 0 Å². The number of hydrogen-bond acceptors (Lipinski definition) is 4. The van der Waals surface area contributed by atoms with E-state index in [1.165, 1.54) is 0 Å². The number of nitrogen functional groups attached to an aromatic ring is 1. The van der Waals surface area contributed by atoms with E-state index in [0.29, 0.717) is 29.2 Å². The maximum absolute atomic E-state index is 9.02. The van der Waals surface area contributed by atoms with Crippen LogP contribution in [-0.2, 0) is 6.42 Å². The second-order valence-electron chi connectivity index (χ2n) is 4.05. The maximum Gasteiger partial charge on any atom is 0.151 e. The minimum absolute atomic E-state index is 0.0497. The van der Waals surface area contributed by atoms with Crippen LogP contribution in [0.1, 0.15) is 11.1 Å². The van der Waals surface area contributed by atoms with E-state index in [9.17, 15) is 0 Å². The van der Waals surface area contributed by atoms with Crippen LogP contribution in [0.4, 0.5) is 5.69 Å². The molecule has 0 saturated carbocycles. The van der Waals surface area contributed by atoms with Crippen LogP contribution in [0.25, 0.3) is 0 Å². The van der Waals surface area contributed by atoms with Crippen molar-refractivity contribution in [3.63, 3.8) is 0 Å². The van der Waals surface area contributed by atoms with Gasteiger partial charge in [-0.3, -0.25) is 0 Å². The average Bonchev–Trinajstić information content (AvgIpc) is 2.43. The van der Waals surface area contributed by atoms with E-state index in [1.807, 2.05) is 30.3 Å². The molecule has 2 aromatic carbocycles. The smallest absolute Gasteiger partial charge is 0.151 e. The number of nitriles is 1. The van der Waals surface area contributed by atoms with Crippen molar-refractivity contribution in [1.82, 2.24) is 0 Å². The van der Waals surface area contributed by atoms with Crippen LogP contribution in [0, 0.1) is 11.3 Å². The summed E-state index contributed by atoms with van der Waals surface area (Å²) in [5.74, 6) is 1.09. The molecular formula is C15H14N2O2. The van der Waals surface area contributed by atoms with Crippen molar-refractivity contribution in [1.29, 1.82) is 5.26 Å². The summed E-state index contributed by atoms with van der Waals surface area (Å²) < 4.78 is 5.75. The fourth-order valence-corrected chi connectivity index (χ4v) is 1.74. The molecule has 0 fully saturated rings. The van der Waals surface area contributed by atoms with Crippen LogP contribution in [-0.4, -0.2) is 11.7 Å². The van der Waals surface area contributed by atoms with Gasteiger partial charge in [0.1, 0.15) is 5.75 Å². The van der Waals surface area contributed by atoms with Crippen molar-refractivity contribution < 1.29 is 9.84 Å². The summed E-state index contributed by atoms with van der Waals surface area (Å²) in [6.07, 6.45) is 0.508. The Kier molecular flexibility index (Phi) is 4.01. The highest BCUT2D eigenvalue weighted by molar-refractivity contribution is 5.57. The molecule has 0 radical (unpaired) electrons. The van der Waals surface area contributed by atoms with Crippen LogP contribution < -0.4 is 10.5 Å². The van der Waals surface area contributed by atoms with Crippen molar-refractivity contribution in [3.05, 3.63) is 53.6 Å². The van der Waals surface area contributed by atoms with Crippen molar-refractivity contribution in [2.75, 3.05) is 12.3 Å². The molecule has 0 amide bonds. The van der Waals surface area contributed by atoms with Crippen LogP contribution in [0.3, 0.4) is 0 Å². The molecule has 19 heavy (non-hydrogen) atoms. The van der Waals surface area contributed by atoms with Gasteiger partial charge in [0, 0.05) is 12.7 Å². The molecule has 96 valence electrons. The van der Waals surface area contributed by atoms with E-state index >= 15 is 0 Å². The first-order chi connectivity index (χ1) is 9.24. The average molecular weight is 254 g/mol. The zero-order valence-electron chi connectivity index (χ0n) is 10.3. The summed E-state index contributed by atoms with van der Waals surface area (Å²) in [5, 5.41) is 17.9. The first-order valence-electron chi connectivity index (χ1n) is 5.91. The van der Waals surface area contributed by atoms with Gasteiger partial charge >= 0.3 is 0 Å². The highest BCUT2D eigenvalue weighted by atomic mass is 16.5. The van der Waals surface area contributed by atoms with Gasteiger partial charge in [0.25, 0.3) is 0 Å². The zero-order valence-corrected chi connectivity index (χ0v) is 10.3. The van der Waals surface area contributed by atoms with Crippen LogP contribution >= 0.6 is 0 Å². The predicted molar refractivity (Wildman–Crippen MR) is 72.9 cm³/mol. The Bertz CT molecular complexity index is 618. The third-order valence-electron chi connectivity index (χ3n) is 2.72. The summed E-state index contributed by atoms with van der Waals surface area (Å²) in [6, 6.07) is 14.4. The summed E-state index contributed by atoms with van der Waals surface area (Å²) >= 11 is 0. The Morgan fingerprint density at radius 1 is 1.16 bits per heavy atom. The predicted octanol–water partition coefficient (Wildman–Crippen LogP) is 2.47. The molecule has 0 spiro atoms. The van der Waals surface area contributed by atoms with Gasteiger partial charge in [0.05, 0.1) is 17.3 Å². The molecule has 2 aromatic rings. The number of ether oxygens (including phenoxy) is 1. The Morgan fingerprint density at radius 3 is 2.68 bits per heavy atom. The molecule has 0 saturated heterocycles. The van der Waals surface area contributed by atoms with Gasteiger partial charge < -0.3 is 15.6 Å². The lowest BCUT2D eigenvalue weighted by molar-refractivity contribution is 0.298. The van der Waals surface area contributed by atoms with Gasteiger partial charge in [-0.05, 0) is 30.2 Å². The number of rotatable bonds is 4. The Balaban J connectivity index is 2.33. The minimum atomic E-state index is 0.0497. The lowest BCUT2D eigenvalue weighted by Crippen LogP contribution is -1.97. The molecule has 2 rings (SSSR count). The maximum atomic E-state index is 9.02. The standard InChI is InChI=1S/C15H14N2O2/c16-10-11-5-6-13(17)15(9-11)19-14-4-2-1-3-12(14)7-8-18/h1-6,9,18H,7-8,17H2. The first-order valence-corrected chi connectivity index (χ1v) is 5.91.